The lowest BCUT2D eigenvalue weighted by Gasteiger charge is -2.33. The number of carbonyl (C=O) groups is 1. The zero-order chi connectivity index (χ0) is 24.6. The summed E-state index contributed by atoms with van der Waals surface area (Å²) in [5, 5.41) is 3.24. The predicted octanol–water partition coefficient (Wildman–Crippen LogP) is 3.10. The zero-order valence-electron chi connectivity index (χ0n) is 20.7. The van der Waals surface area contributed by atoms with Crippen LogP contribution in [0.25, 0.3) is 11.3 Å². The summed E-state index contributed by atoms with van der Waals surface area (Å²) in [6.45, 7) is 5.18. The van der Waals surface area contributed by atoms with Gasteiger partial charge >= 0.3 is 6.03 Å². The van der Waals surface area contributed by atoms with Gasteiger partial charge in [0.05, 0.1) is 5.69 Å². The first-order valence-electron chi connectivity index (χ1n) is 12.8. The van der Waals surface area contributed by atoms with Crippen LogP contribution < -0.4 is 16.0 Å². The van der Waals surface area contributed by atoms with Crippen molar-refractivity contribution in [2.45, 2.75) is 31.3 Å². The number of benzene rings is 2. The predicted molar refractivity (Wildman–Crippen MR) is 142 cm³/mol. The van der Waals surface area contributed by atoms with Crippen LogP contribution in [0.3, 0.4) is 0 Å². The third-order valence-corrected chi connectivity index (χ3v) is 7.69. The van der Waals surface area contributed by atoms with E-state index in [2.05, 4.69) is 74.6 Å². The molecule has 8 heteroatoms. The highest BCUT2D eigenvalue weighted by atomic mass is 16.2. The minimum Gasteiger partial charge on any atom is -0.368 e. The van der Waals surface area contributed by atoms with Crippen LogP contribution in [0.1, 0.15) is 29.0 Å². The first-order valence-corrected chi connectivity index (χ1v) is 12.8. The molecule has 3 aliphatic rings. The molecule has 1 saturated heterocycles. The van der Waals surface area contributed by atoms with Gasteiger partial charge in [0.25, 0.3) is 0 Å². The Kier molecular flexibility index (Phi) is 5.97. The summed E-state index contributed by atoms with van der Waals surface area (Å²) in [6, 6.07) is 19.2. The lowest BCUT2D eigenvalue weighted by atomic mass is 9.96. The number of nitrogen functional groups attached to an aromatic ring is 1. The molecular formula is C28H33N7O. The van der Waals surface area contributed by atoms with E-state index in [0.717, 1.165) is 62.6 Å². The van der Waals surface area contributed by atoms with Crippen LogP contribution in [-0.2, 0) is 13.0 Å². The highest BCUT2D eigenvalue weighted by molar-refractivity contribution is 5.76. The second-order valence-electron chi connectivity index (χ2n) is 10.2. The molecule has 1 saturated carbocycles. The number of fused-ring (bicyclic) bond motifs is 1. The summed E-state index contributed by atoms with van der Waals surface area (Å²) in [7, 11) is 2.14. The van der Waals surface area contributed by atoms with Crippen LogP contribution in [-0.4, -0.2) is 71.6 Å². The number of likely N-dealkylation sites (N-methyl/N-ethyl adjacent to an activating group) is 1. The molecule has 2 aliphatic heterocycles. The Morgan fingerprint density at radius 3 is 2.58 bits per heavy atom. The van der Waals surface area contributed by atoms with Gasteiger partial charge in [0, 0.05) is 62.9 Å². The number of nitrogens with zero attached hydrogens (tertiary/aromatic N) is 5. The molecular weight excluding hydrogens is 450 g/mol. The Hall–Kier alpha value is -3.65. The van der Waals surface area contributed by atoms with E-state index in [1.54, 1.807) is 0 Å². The summed E-state index contributed by atoms with van der Waals surface area (Å²) in [4.78, 5) is 28.6. The van der Waals surface area contributed by atoms with E-state index in [-0.39, 0.29) is 18.0 Å². The number of hydrogen-bond donors (Lipinski definition) is 2. The van der Waals surface area contributed by atoms with Crippen LogP contribution in [0.5, 0.6) is 0 Å². The molecule has 3 N–H and O–H groups in total. The number of aromatic nitrogens is 2. The maximum absolute atomic E-state index is 13.0. The van der Waals surface area contributed by atoms with Crippen LogP contribution in [0.4, 0.5) is 16.6 Å². The number of anilines is 2. The zero-order valence-corrected chi connectivity index (χ0v) is 20.7. The van der Waals surface area contributed by atoms with Crippen molar-refractivity contribution >= 4 is 17.8 Å². The monoisotopic (exact) mass is 483 g/mol. The Labute approximate surface area is 212 Å². The van der Waals surface area contributed by atoms with Crippen molar-refractivity contribution in [2.75, 3.05) is 50.4 Å². The lowest BCUT2D eigenvalue weighted by molar-refractivity contribution is 0.191. The normalized spacial score (nSPS) is 21.7. The Morgan fingerprint density at radius 1 is 0.972 bits per heavy atom. The lowest BCUT2D eigenvalue weighted by Crippen LogP contribution is -2.44. The van der Waals surface area contributed by atoms with E-state index in [4.69, 9.17) is 5.73 Å². The number of rotatable bonds is 4. The molecule has 2 unspecified atom stereocenters. The molecule has 6 rings (SSSR count). The summed E-state index contributed by atoms with van der Waals surface area (Å²) in [6.07, 6.45) is 1.86. The third kappa shape index (κ3) is 4.73. The second kappa shape index (κ2) is 9.43. The van der Waals surface area contributed by atoms with E-state index in [0.29, 0.717) is 12.5 Å². The SMILES string of the molecule is CN1CCN(c2cc(-c3ccc4c(c3)CN(C(=O)NC3CC3c3ccccc3)CC4)nc(N)n2)CC1. The number of carbonyl (C=O) groups excluding carboxylic acids is 1. The highest BCUT2D eigenvalue weighted by Gasteiger charge is 2.40. The molecule has 36 heavy (non-hydrogen) atoms. The van der Waals surface area contributed by atoms with E-state index in [9.17, 15) is 4.79 Å². The van der Waals surface area contributed by atoms with Crippen LogP contribution >= 0.6 is 0 Å². The minimum atomic E-state index is 0.0260. The topological polar surface area (TPSA) is 90.6 Å². The van der Waals surface area contributed by atoms with Gasteiger partial charge in [-0.15, -0.1) is 0 Å². The Bertz CT molecular complexity index is 1260. The van der Waals surface area contributed by atoms with E-state index >= 15 is 0 Å². The quantitative estimate of drug-likeness (QED) is 0.593. The molecule has 3 aromatic rings. The van der Waals surface area contributed by atoms with Gasteiger partial charge < -0.3 is 25.8 Å². The average molecular weight is 484 g/mol. The van der Waals surface area contributed by atoms with E-state index < -0.39 is 0 Å². The maximum atomic E-state index is 13.0. The number of amides is 2. The van der Waals surface area contributed by atoms with Crippen LogP contribution in [0, 0.1) is 0 Å². The summed E-state index contributed by atoms with van der Waals surface area (Å²) in [5.74, 6) is 1.59. The summed E-state index contributed by atoms with van der Waals surface area (Å²) >= 11 is 0. The fourth-order valence-electron chi connectivity index (χ4n) is 5.36. The first kappa shape index (κ1) is 22.8. The van der Waals surface area contributed by atoms with E-state index in [1.165, 1.54) is 16.7 Å². The van der Waals surface area contributed by atoms with Crippen molar-refractivity contribution in [2.24, 2.45) is 0 Å². The molecule has 2 fully saturated rings. The van der Waals surface area contributed by atoms with Crippen LogP contribution in [0.15, 0.2) is 54.6 Å². The largest absolute Gasteiger partial charge is 0.368 e. The fourth-order valence-corrected chi connectivity index (χ4v) is 5.36. The van der Waals surface area contributed by atoms with Crippen molar-refractivity contribution in [3.8, 4) is 11.3 Å². The van der Waals surface area contributed by atoms with Crippen molar-refractivity contribution in [3.05, 3.63) is 71.3 Å². The second-order valence-corrected chi connectivity index (χ2v) is 10.2. The van der Waals surface area contributed by atoms with Crippen molar-refractivity contribution in [3.63, 3.8) is 0 Å². The molecule has 0 bridgehead atoms. The maximum Gasteiger partial charge on any atom is 0.317 e. The molecule has 0 radical (unpaired) electrons. The van der Waals surface area contributed by atoms with Gasteiger partial charge in [-0.05, 0) is 42.6 Å². The molecule has 3 heterocycles. The van der Waals surface area contributed by atoms with Crippen molar-refractivity contribution in [1.29, 1.82) is 0 Å². The standard InChI is InChI=1S/C28H33N7O/c1-33-11-13-34(14-12-33)26-17-24(30-27(29)32-26)21-8-7-19-9-10-35(18-22(19)15-21)28(36)31-25-16-23(25)20-5-3-2-4-6-20/h2-8,15,17,23,25H,9-14,16,18H2,1H3,(H,31,36)(H2,29,30,32). The van der Waals surface area contributed by atoms with Gasteiger partial charge in [0.2, 0.25) is 5.95 Å². The molecule has 2 atom stereocenters. The number of urea groups is 1. The molecule has 0 spiro atoms. The van der Waals surface area contributed by atoms with Gasteiger partial charge in [0.15, 0.2) is 0 Å². The highest BCUT2D eigenvalue weighted by Crippen LogP contribution is 2.40. The summed E-state index contributed by atoms with van der Waals surface area (Å²) in [5.41, 5.74) is 11.7. The van der Waals surface area contributed by atoms with Gasteiger partial charge in [-0.2, -0.15) is 4.98 Å². The molecule has 1 aromatic heterocycles. The minimum absolute atomic E-state index is 0.0260. The van der Waals surface area contributed by atoms with Crippen LogP contribution in [0.2, 0.25) is 0 Å². The number of piperazine rings is 1. The molecule has 2 aromatic carbocycles. The van der Waals surface area contributed by atoms with Gasteiger partial charge in [-0.1, -0.05) is 42.5 Å². The van der Waals surface area contributed by atoms with Gasteiger partial charge in [-0.3, -0.25) is 0 Å². The smallest absolute Gasteiger partial charge is 0.317 e. The molecule has 186 valence electrons. The molecule has 8 nitrogen and oxygen atoms in total. The molecule has 2 amide bonds. The number of nitrogens with two attached hydrogens (primary N) is 1. The fraction of sp³-hybridized carbons (Fsp3) is 0.393. The average Bonchev–Trinajstić information content (AvgIpc) is 3.67. The van der Waals surface area contributed by atoms with Gasteiger partial charge in [-0.25, -0.2) is 9.78 Å². The molecule has 1 aliphatic carbocycles. The van der Waals surface area contributed by atoms with Crippen molar-refractivity contribution < 1.29 is 4.79 Å². The number of nitrogens with one attached hydrogen (secondary N) is 1. The first-order chi connectivity index (χ1) is 17.5. The Morgan fingerprint density at radius 2 is 1.78 bits per heavy atom. The van der Waals surface area contributed by atoms with Crippen molar-refractivity contribution in [1.82, 2.24) is 25.1 Å². The summed E-state index contributed by atoms with van der Waals surface area (Å²) < 4.78 is 0. The van der Waals surface area contributed by atoms with E-state index in [1.807, 2.05) is 17.0 Å². The van der Waals surface area contributed by atoms with Gasteiger partial charge in [0.1, 0.15) is 5.82 Å². The number of hydrogen-bond acceptors (Lipinski definition) is 6. The third-order valence-electron chi connectivity index (χ3n) is 7.69. The Balaban J connectivity index is 1.15.